The van der Waals surface area contributed by atoms with E-state index in [1.165, 1.54) is 24.0 Å². The van der Waals surface area contributed by atoms with E-state index in [0.717, 1.165) is 42.7 Å². The molecule has 0 aliphatic carbocycles. The minimum atomic E-state index is -0.650. The van der Waals surface area contributed by atoms with Crippen LogP contribution in [0, 0.1) is 0 Å². The van der Waals surface area contributed by atoms with Crippen LogP contribution in [0.4, 0.5) is 0 Å². The lowest BCUT2D eigenvalue weighted by molar-refractivity contribution is 0.215. The molecule has 2 N–H and O–H groups in total. The second kappa shape index (κ2) is 7.23. The highest BCUT2D eigenvalue weighted by molar-refractivity contribution is 7.97. The van der Waals surface area contributed by atoms with Crippen LogP contribution >= 0.6 is 11.9 Å². The molecule has 0 amide bonds. The Balaban J connectivity index is 1.45. The second-order valence-corrected chi connectivity index (χ2v) is 7.94. The van der Waals surface area contributed by atoms with E-state index in [-0.39, 0.29) is 0 Å². The highest BCUT2D eigenvalue weighted by Gasteiger charge is 2.25. The Morgan fingerprint density at radius 2 is 1.88 bits per heavy atom. The molecule has 1 aromatic carbocycles. The van der Waals surface area contributed by atoms with Gasteiger partial charge in [0.2, 0.25) is 0 Å². The number of fused-ring (bicyclic) bond motifs is 1. The van der Waals surface area contributed by atoms with Gasteiger partial charge in [-0.05, 0) is 48.7 Å². The monoisotopic (exact) mass is 341 g/mol. The van der Waals surface area contributed by atoms with Crippen molar-refractivity contribution in [1.29, 1.82) is 0 Å². The zero-order valence-corrected chi connectivity index (χ0v) is 14.5. The van der Waals surface area contributed by atoms with Gasteiger partial charge in [-0.1, -0.05) is 42.3 Å². The minimum absolute atomic E-state index is 0.650. The van der Waals surface area contributed by atoms with Crippen molar-refractivity contribution in [1.82, 2.24) is 14.6 Å². The van der Waals surface area contributed by atoms with Crippen molar-refractivity contribution in [3.63, 3.8) is 0 Å². The quantitative estimate of drug-likeness (QED) is 0.838. The van der Waals surface area contributed by atoms with Crippen LogP contribution in [-0.4, -0.2) is 32.7 Å². The van der Waals surface area contributed by atoms with Gasteiger partial charge in [-0.15, -0.1) is 0 Å². The summed E-state index contributed by atoms with van der Waals surface area (Å²) in [6.45, 7) is 4.17. The third kappa shape index (κ3) is 3.49. The summed E-state index contributed by atoms with van der Waals surface area (Å²) in [7, 11) is 0. The van der Waals surface area contributed by atoms with Gasteiger partial charge < -0.3 is 10.4 Å². The molecule has 2 aliphatic rings. The SMILES string of the molecule is OC(c1ccccc1)c1cc2c(cn1)CN(SC1CCNCC1)C2. The van der Waals surface area contributed by atoms with E-state index >= 15 is 0 Å². The molecule has 24 heavy (non-hydrogen) atoms. The lowest BCUT2D eigenvalue weighted by Crippen LogP contribution is -2.30. The normalized spacial score (nSPS) is 20.0. The molecule has 4 nitrogen and oxygen atoms in total. The molecule has 1 saturated heterocycles. The van der Waals surface area contributed by atoms with Crippen LogP contribution in [0.1, 0.15) is 41.3 Å². The molecule has 1 unspecified atom stereocenters. The van der Waals surface area contributed by atoms with Crippen LogP contribution in [0.25, 0.3) is 0 Å². The number of nitrogens with one attached hydrogen (secondary N) is 1. The molecule has 4 rings (SSSR count). The molecule has 2 aliphatic heterocycles. The van der Waals surface area contributed by atoms with Crippen molar-refractivity contribution >= 4 is 11.9 Å². The van der Waals surface area contributed by atoms with Gasteiger partial charge in [-0.2, -0.15) is 0 Å². The molecule has 0 saturated carbocycles. The number of aliphatic hydroxyl groups is 1. The van der Waals surface area contributed by atoms with Crippen molar-refractivity contribution in [3.05, 3.63) is 65.0 Å². The Morgan fingerprint density at radius 1 is 1.12 bits per heavy atom. The van der Waals surface area contributed by atoms with Gasteiger partial charge in [0.05, 0.1) is 5.69 Å². The number of hydrogen-bond acceptors (Lipinski definition) is 5. The Labute approximate surface area is 147 Å². The summed E-state index contributed by atoms with van der Waals surface area (Å²) in [5, 5.41) is 14.7. The van der Waals surface area contributed by atoms with Gasteiger partial charge >= 0.3 is 0 Å². The molecular weight excluding hydrogens is 318 g/mol. The summed E-state index contributed by atoms with van der Waals surface area (Å²) < 4.78 is 2.45. The van der Waals surface area contributed by atoms with Crippen molar-refractivity contribution in [2.24, 2.45) is 0 Å². The van der Waals surface area contributed by atoms with Crippen molar-refractivity contribution < 1.29 is 5.11 Å². The lowest BCUT2D eigenvalue weighted by atomic mass is 10.0. The van der Waals surface area contributed by atoms with Gasteiger partial charge in [-0.25, -0.2) is 4.31 Å². The second-order valence-electron chi connectivity index (χ2n) is 6.54. The van der Waals surface area contributed by atoms with Crippen molar-refractivity contribution in [2.75, 3.05) is 13.1 Å². The highest BCUT2D eigenvalue weighted by Crippen LogP contribution is 2.34. The Morgan fingerprint density at radius 3 is 2.67 bits per heavy atom. The molecule has 3 heterocycles. The molecule has 0 spiro atoms. The van der Waals surface area contributed by atoms with Gasteiger partial charge in [0, 0.05) is 24.5 Å². The fourth-order valence-corrected chi connectivity index (χ4v) is 4.71. The smallest absolute Gasteiger partial charge is 0.121 e. The van der Waals surface area contributed by atoms with Gasteiger partial charge in [-0.3, -0.25) is 4.98 Å². The Bertz CT molecular complexity index is 688. The molecule has 5 heteroatoms. The predicted octanol–water partition coefficient (Wildman–Crippen LogP) is 2.88. The molecule has 1 atom stereocenters. The first-order chi connectivity index (χ1) is 11.8. The maximum absolute atomic E-state index is 10.6. The average Bonchev–Trinajstić information content (AvgIpc) is 3.04. The number of aliphatic hydroxyl groups excluding tert-OH is 1. The third-order valence-corrected chi connectivity index (χ3v) is 6.10. The number of nitrogens with zero attached hydrogens (tertiary/aromatic N) is 2. The number of rotatable bonds is 4. The van der Waals surface area contributed by atoms with E-state index < -0.39 is 6.10 Å². The highest BCUT2D eigenvalue weighted by atomic mass is 32.2. The first kappa shape index (κ1) is 16.1. The molecule has 1 aromatic heterocycles. The molecule has 0 radical (unpaired) electrons. The van der Waals surface area contributed by atoms with Gasteiger partial charge in [0.25, 0.3) is 0 Å². The summed E-state index contributed by atoms with van der Waals surface area (Å²) in [4.78, 5) is 4.51. The van der Waals surface area contributed by atoms with Crippen LogP contribution in [-0.2, 0) is 13.1 Å². The average molecular weight is 341 g/mol. The summed E-state index contributed by atoms with van der Waals surface area (Å²) in [5.41, 5.74) is 4.23. The van der Waals surface area contributed by atoms with E-state index in [2.05, 4.69) is 20.7 Å². The number of aromatic nitrogens is 1. The topological polar surface area (TPSA) is 48.4 Å². The number of piperidine rings is 1. The van der Waals surface area contributed by atoms with Gasteiger partial charge in [0.15, 0.2) is 0 Å². The molecule has 126 valence electrons. The van der Waals surface area contributed by atoms with Gasteiger partial charge in [0.1, 0.15) is 6.10 Å². The van der Waals surface area contributed by atoms with E-state index in [1.807, 2.05) is 48.5 Å². The number of benzene rings is 1. The van der Waals surface area contributed by atoms with Crippen molar-refractivity contribution in [2.45, 2.75) is 37.3 Å². The Kier molecular flexibility index (Phi) is 4.85. The van der Waals surface area contributed by atoms with E-state index in [1.54, 1.807) is 0 Å². The standard InChI is InChI=1S/C19H23N3OS/c23-19(14-4-2-1-3-5-14)18-10-15-12-22(13-16(15)11-21-18)24-17-6-8-20-9-7-17/h1-5,10-11,17,19-20,23H,6-9,12-13H2. The fraction of sp³-hybridized carbons (Fsp3) is 0.421. The third-order valence-electron chi connectivity index (χ3n) is 4.78. The van der Waals surface area contributed by atoms with E-state index in [0.29, 0.717) is 0 Å². The summed E-state index contributed by atoms with van der Waals surface area (Å²) in [5.74, 6) is 0. The fourth-order valence-electron chi connectivity index (χ4n) is 3.41. The Hall–Kier alpha value is -1.40. The largest absolute Gasteiger partial charge is 0.382 e. The minimum Gasteiger partial charge on any atom is -0.382 e. The van der Waals surface area contributed by atoms with E-state index in [9.17, 15) is 5.11 Å². The van der Waals surface area contributed by atoms with Crippen molar-refractivity contribution in [3.8, 4) is 0 Å². The number of pyridine rings is 1. The maximum Gasteiger partial charge on any atom is 0.121 e. The van der Waals surface area contributed by atoms with Crippen LogP contribution in [0.15, 0.2) is 42.6 Å². The number of hydrogen-bond donors (Lipinski definition) is 2. The first-order valence-corrected chi connectivity index (χ1v) is 9.46. The maximum atomic E-state index is 10.6. The molecule has 2 aromatic rings. The summed E-state index contributed by atoms with van der Waals surface area (Å²) in [6, 6.07) is 11.8. The van der Waals surface area contributed by atoms with Crippen LogP contribution in [0.3, 0.4) is 0 Å². The lowest BCUT2D eigenvalue weighted by Gasteiger charge is -2.26. The first-order valence-electron chi connectivity index (χ1n) is 8.63. The molecule has 0 bridgehead atoms. The van der Waals surface area contributed by atoms with Crippen LogP contribution in [0.5, 0.6) is 0 Å². The molecular formula is C19H23N3OS. The summed E-state index contributed by atoms with van der Waals surface area (Å²) >= 11 is 2.00. The zero-order valence-electron chi connectivity index (χ0n) is 13.7. The van der Waals surface area contributed by atoms with Crippen LogP contribution < -0.4 is 5.32 Å². The molecule has 1 fully saturated rings. The van der Waals surface area contributed by atoms with Crippen LogP contribution in [0.2, 0.25) is 0 Å². The van der Waals surface area contributed by atoms with E-state index in [4.69, 9.17) is 0 Å². The zero-order chi connectivity index (χ0) is 16.4. The predicted molar refractivity (Wildman–Crippen MR) is 97.5 cm³/mol. The summed E-state index contributed by atoms with van der Waals surface area (Å²) in [6.07, 6.45) is 3.78.